The van der Waals surface area contributed by atoms with Crippen LogP contribution in [0.15, 0.2) is 10.9 Å². The summed E-state index contributed by atoms with van der Waals surface area (Å²) >= 11 is 17.2. The van der Waals surface area contributed by atoms with Crippen molar-refractivity contribution in [3.05, 3.63) is 37.6 Å². The lowest BCUT2D eigenvalue weighted by Gasteiger charge is -2.03. The lowest BCUT2D eigenvalue weighted by molar-refractivity contribution is 0.136. The predicted molar refractivity (Wildman–Crippen MR) is 66.6 cm³/mol. The monoisotopic (exact) mass is 328 g/mol. The van der Waals surface area contributed by atoms with Crippen molar-refractivity contribution in [3.8, 4) is 5.82 Å². The van der Waals surface area contributed by atoms with Crippen LogP contribution in [0, 0.1) is 0 Å². The van der Waals surface area contributed by atoms with E-state index in [9.17, 15) is 13.6 Å². The Balaban J connectivity index is 2.70. The molecule has 19 heavy (non-hydrogen) atoms. The van der Waals surface area contributed by atoms with Gasteiger partial charge in [0.05, 0.1) is 10.0 Å². The van der Waals surface area contributed by atoms with E-state index in [0.29, 0.717) is 9.25 Å². The zero-order chi connectivity index (χ0) is 14.3. The molecule has 0 bridgehead atoms. The Kier molecular flexibility index (Phi) is 3.80. The molecule has 0 saturated carbocycles. The molecule has 5 nitrogen and oxygen atoms in total. The summed E-state index contributed by atoms with van der Waals surface area (Å²) in [4.78, 5) is 15.6. The Morgan fingerprint density at radius 3 is 2.42 bits per heavy atom. The van der Waals surface area contributed by atoms with Crippen molar-refractivity contribution >= 4 is 34.8 Å². The predicted octanol–water partition coefficient (Wildman–Crippen LogP) is 2.86. The lowest BCUT2D eigenvalue weighted by atomic mass is 10.4. The van der Waals surface area contributed by atoms with Crippen molar-refractivity contribution in [2.45, 2.75) is 6.43 Å². The molecule has 102 valence electrons. The van der Waals surface area contributed by atoms with E-state index >= 15 is 0 Å². The van der Waals surface area contributed by atoms with E-state index in [4.69, 9.17) is 34.8 Å². The van der Waals surface area contributed by atoms with Crippen molar-refractivity contribution in [1.29, 1.82) is 0 Å². The van der Waals surface area contributed by atoms with Gasteiger partial charge in [0.15, 0.2) is 5.82 Å². The van der Waals surface area contributed by atoms with E-state index in [1.54, 1.807) is 0 Å². The third kappa shape index (κ3) is 2.45. The Hall–Kier alpha value is -1.18. The fourth-order valence-electron chi connectivity index (χ4n) is 1.36. The molecule has 0 saturated heterocycles. The first kappa shape index (κ1) is 14.2. The van der Waals surface area contributed by atoms with Gasteiger partial charge in [0.1, 0.15) is 5.15 Å². The van der Waals surface area contributed by atoms with E-state index in [1.807, 2.05) is 0 Å². The van der Waals surface area contributed by atoms with Gasteiger partial charge < -0.3 is 0 Å². The minimum Gasteiger partial charge on any atom is -0.277 e. The molecule has 2 heterocycles. The molecule has 2 aromatic rings. The molecular formula is C9H5Cl3F2N4O. The average Bonchev–Trinajstić information content (AvgIpc) is 2.62. The molecule has 0 atom stereocenters. The molecule has 0 aromatic carbocycles. The van der Waals surface area contributed by atoms with Gasteiger partial charge in [0.25, 0.3) is 6.43 Å². The van der Waals surface area contributed by atoms with Crippen molar-refractivity contribution in [2.75, 3.05) is 0 Å². The molecule has 2 aromatic heterocycles. The number of pyridine rings is 1. The van der Waals surface area contributed by atoms with Gasteiger partial charge in [0, 0.05) is 7.05 Å². The van der Waals surface area contributed by atoms with Crippen molar-refractivity contribution in [1.82, 2.24) is 19.3 Å². The number of halogens is 5. The van der Waals surface area contributed by atoms with Crippen molar-refractivity contribution in [2.24, 2.45) is 7.05 Å². The minimum atomic E-state index is -2.90. The van der Waals surface area contributed by atoms with Crippen LogP contribution < -0.4 is 5.69 Å². The van der Waals surface area contributed by atoms with E-state index in [2.05, 4.69) is 10.1 Å². The molecule has 0 amide bonds. The third-order valence-corrected chi connectivity index (χ3v) is 3.23. The maximum Gasteiger partial charge on any atom is 0.352 e. The molecule has 0 spiro atoms. The molecule has 0 radical (unpaired) electrons. The summed E-state index contributed by atoms with van der Waals surface area (Å²) in [6, 6.07) is 1.25. The standard InChI is InChI=1S/C9H5Cl3F2N4O/c1-17-8(6(13)14)16-18(9(17)19)7-4(11)2-3(10)5(12)15-7/h2,6H,1H3. The molecule has 0 unspecified atom stereocenters. The minimum absolute atomic E-state index is 0.0320. The Morgan fingerprint density at radius 1 is 1.26 bits per heavy atom. The van der Waals surface area contributed by atoms with E-state index in [-0.39, 0.29) is 21.0 Å². The van der Waals surface area contributed by atoms with Crippen molar-refractivity contribution < 1.29 is 8.78 Å². The Bertz CT molecular complexity index is 698. The van der Waals surface area contributed by atoms with Gasteiger partial charge in [0.2, 0.25) is 5.82 Å². The molecule has 10 heteroatoms. The van der Waals surface area contributed by atoms with E-state index < -0.39 is 17.9 Å². The summed E-state index contributed by atoms with van der Waals surface area (Å²) in [7, 11) is 1.17. The van der Waals surface area contributed by atoms with Crippen LogP contribution in [0.4, 0.5) is 8.78 Å². The fraction of sp³-hybridized carbons (Fsp3) is 0.222. The number of hydrogen-bond acceptors (Lipinski definition) is 3. The van der Waals surface area contributed by atoms with Crippen LogP contribution in [0.25, 0.3) is 5.82 Å². The molecule has 0 aliphatic rings. The zero-order valence-corrected chi connectivity index (χ0v) is 11.5. The first-order valence-corrected chi connectivity index (χ1v) is 5.92. The SMILES string of the molecule is Cn1c(C(F)F)nn(-c2nc(Cl)c(Cl)cc2Cl)c1=O. The normalized spacial score (nSPS) is 11.3. The average molecular weight is 330 g/mol. The maximum absolute atomic E-state index is 12.6. The van der Waals surface area contributed by atoms with Crippen LogP contribution in [0.1, 0.15) is 12.2 Å². The summed E-state index contributed by atoms with van der Waals surface area (Å²) in [6.07, 6.45) is -2.90. The maximum atomic E-state index is 12.6. The second-order valence-electron chi connectivity index (χ2n) is 3.48. The van der Waals surface area contributed by atoms with Gasteiger partial charge in [-0.15, -0.1) is 5.10 Å². The lowest BCUT2D eigenvalue weighted by Crippen LogP contribution is -2.23. The third-order valence-electron chi connectivity index (χ3n) is 2.28. The Morgan fingerprint density at radius 2 is 1.89 bits per heavy atom. The topological polar surface area (TPSA) is 52.7 Å². The second-order valence-corrected chi connectivity index (χ2v) is 4.65. The van der Waals surface area contributed by atoms with E-state index in [1.165, 1.54) is 13.1 Å². The fourth-order valence-corrected chi connectivity index (χ4v) is 1.94. The summed E-state index contributed by atoms with van der Waals surface area (Å²) in [6.45, 7) is 0. The molecule has 0 aliphatic carbocycles. The highest BCUT2D eigenvalue weighted by molar-refractivity contribution is 6.42. The molecule has 0 aliphatic heterocycles. The first-order valence-electron chi connectivity index (χ1n) is 4.79. The van der Waals surface area contributed by atoms with Gasteiger partial charge in [-0.25, -0.2) is 18.6 Å². The van der Waals surface area contributed by atoms with Gasteiger partial charge in [-0.1, -0.05) is 34.8 Å². The highest BCUT2D eigenvalue weighted by Gasteiger charge is 2.22. The van der Waals surface area contributed by atoms with Gasteiger partial charge in [-0.2, -0.15) is 4.68 Å². The summed E-state index contributed by atoms with van der Waals surface area (Å²) < 4.78 is 26.6. The highest BCUT2D eigenvalue weighted by atomic mass is 35.5. The van der Waals surface area contributed by atoms with Crippen LogP contribution >= 0.6 is 34.8 Å². The van der Waals surface area contributed by atoms with Crippen LogP contribution in [0.3, 0.4) is 0 Å². The number of hydrogen-bond donors (Lipinski definition) is 0. The van der Waals surface area contributed by atoms with Crippen LogP contribution in [-0.4, -0.2) is 19.3 Å². The zero-order valence-electron chi connectivity index (χ0n) is 9.24. The number of aromatic nitrogens is 4. The smallest absolute Gasteiger partial charge is 0.277 e. The van der Waals surface area contributed by atoms with E-state index in [0.717, 1.165) is 0 Å². The highest BCUT2D eigenvalue weighted by Crippen LogP contribution is 2.27. The number of rotatable bonds is 2. The molecular weight excluding hydrogens is 324 g/mol. The van der Waals surface area contributed by atoms with Gasteiger partial charge in [-0.3, -0.25) is 4.57 Å². The molecule has 0 fully saturated rings. The van der Waals surface area contributed by atoms with Crippen LogP contribution in [0.5, 0.6) is 0 Å². The first-order chi connectivity index (χ1) is 8.82. The second kappa shape index (κ2) is 5.07. The largest absolute Gasteiger partial charge is 0.352 e. The van der Waals surface area contributed by atoms with Crippen molar-refractivity contribution in [3.63, 3.8) is 0 Å². The quantitative estimate of drug-likeness (QED) is 0.796. The summed E-state index contributed by atoms with van der Waals surface area (Å²) in [5.41, 5.74) is -0.817. The molecule has 0 N–H and O–H groups in total. The molecule has 2 rings (SSSR count). The Labute approximate surface area is 120 Å². The van der Waals surface area contributed by atoms with Crippen LogP contribution in [0.2, 0.25) is 15.2 Å². The number of alkyl halides is 2. The summed E-state index contributed by atoms with van der Waals surface area (Å²) in [5, 5.41) is 3.41. The van der Waals surface area contributed by atoms with Gasteiger partial charge >= 0.3 is 5.69 Å². The summed E-state index contributed by atoms with van der Waals surface area (Å²) in [5.74, 6) is -0.863. The van der Waals surface area contributed by atoms with Crippen LogP contribution in [-0.2, 0) is 7.05 Å². The van der Waals surface area contributed by atoms with Gasteiger partial charge in [-0.05, 0) is 6.07 Å². The number of nitrogens with zero attached hydrogens (tertiary/aromatic N) is 4.